The highest BCUT2D eigenvalue weighted by Crippen LogP contribution is 2.53. The maximum absolute atomic E-state index is 12.5. The Bertz CT molecular complexity index is 1250. The molecule has 0 bridgehead atoms. The van der Waals surface area contributed by atoms with E-state index in [1.807, 2.05) is 24.3 Å². The molecule has 220 valence electrons. The molecule has 1 heterocycles. The molecular formula is C29H35N3O8S. The Hall–Kier alpha value is -3.90. The summed E-state index contributed by atoms with van der Waals surface area (Å²) in [5.74, 6) is -1.24. The molecule has 3 N–H and O–H groups in total. The van der Waals surface area contributed by atoms with Crippen LogP contribution in [0.3, 0.4) is 0 Å². The summed E-state index contributed by atoms with van der Waals surface area (Å²) < 4.78 is 6.09. The van der Waals surface area contributed by atoms with E-state index in [1.54, 1.807) is 11.0 Å². The van der Waals surface area contributed by atoms with Crippen molar-refractivity contribution in [2.75, 3.05) is 24.6 Å². The standard InChI is InChI=1S/C25H31N3O4S.C4H4O4/c1-18(29)27-22-10-5-6-11-24(22)33-25(27)21-16-20(28(30)31)12-13-23(21)32-15-7-14-26-17-19-8-3-2-4-9-19;5-3(6)1-2-4(7)8/h5-6,10-13,16,19,25-26H,2-4,7-9,14-15,17H2,1H3;1-2H,(H,5,6)(H,7,8)/b;2-1+. The summed E-state index contributed by atoms with van der Waals surface area (Å²) in [5, 5.41) is 30.2. The lowest BCUT2D eigenvalue weighted by Crippen LogP contribution is -2.28. The van der Waals surface area contributed by atoms with Crippen LogP contribution in [0.2, 0.25) is 0 Å². The van der Waals surface area contributed by atoms with Crippen molar-refractivity contribution in [1.29, 1.82) is 0 Å². The topological polar surface area (TPSA) is 159 Å². The molecule has 1 aliphatic heterocycles. The van der Waals surface area contributed by atoms with Crippen LogP contribution in [0.1, 0.15) is 56.4 Å². The van der Waals surface area contributed by atoms with E-state index in [-0.39, 0.29) is 11.6 Å². The number of ether oxygens (including phenoxy) is 1. The number of nitro benzene ring substituents is 1. The van der Waals surface area contributed by atoms with Crippen LogP contribution < -0.4 is 15.0 Å². The average Bonchev–Trinajstić information content (AvgIpc) is 3.34. The van der Waals surface area contributed by atoms with Gasteiger partial charge in [0.1, 0.15) is 11.1 Å². The molecular weight excluding hydrogens is 550 g/mol. The van der Waals surface area contributed by atoms with Crippen LogP contribution in [0.25, 0.3) is 0 Å². The summed E-state index contributed by atoms with van der Waals surface area (Å²) in [4.78, 5) is 45.3. The average molecular weight is 586 g/mol. The number of carbonyl (C=O) groups excluding carboxylic acids is 1. The number of thioether (sulfide) groups is 1. The number of carboxylic acid groups (broad SMARTS) is 2. The predicted molar refractivity (Wildman–Crippen MR) is 155 cm³/mol. The van der Waals surface area contributed by atoms with E-state index in [2.05, 4.69) is 5.32 Å². The number of nitrogens with zero attached hydrogens (tertiary/aromatic N) is 2. The third-order valence-corrected chi connectivity index (χ3v) is 7.98. The highest BCUT2D eigenvalue weighted by atomic mass is 32.2. The lowest BCUT2D eigenvalue weighted by atomic mass is 9.89. The van der Waals surface area contributed by atoms with Crippen LogP contribution in [0.4, 0.5) is 11.4 Å². The van der Waals surface area contributed by atoms with Crippen molar-refractivity contribution in [2.45, 2.75) is 55.7 Å². The minimum Gasteiger partial charge on any atom is -0.493 e. The van der Waals surface area contributed by atoms with Gasteiger partial charge >= 0.3 is 11.9 Å². The van der Waals surface area contributed by atoms with Crippen LogP contribution in [-0.2, 0) is 14.4 Å². The van der Waals surface area contributed by atoms with Crippen LogP contribution in [-0.4, -0.2) is 52.7 Å². The first-order valence-corrected chi connectivity index (χ1v) is 14.4. The van der Waals surface area contributed by atoms with E-state index in [4.69, 9.17) is 14.9 Å². The number of nitrogens with one attached hydrogen (secondary N) is 1. The molecule has 12 heteroatoms. The van der Waals surface area contributed by atoms with Gasteiger partial charge < -0.3 is 20.3 Å². The van der Waals surface area contributed by atoms with Gasteiger partial charge in [-0.25, -0.2) is 9.59 Å². The van der Waals surface area contributed by atoms with Gasteiger partial charge in [0, 0.05) is 41.7 Å². The summed E-state index contributed by atoms with van der Waals surface area (Å²) in [6, 6.07) is 12.3. The van der Waals surface area contributed by atoms with Gasteiger partial charge in [-0.1, -0.05) is 43.2 Å². The molecule has 41 heavy (non-hydrogen) atoms. The van der Waals surface area contributed by atoms with E-state index >= 15 is 0 Å². The molecule has 1 unspecified atom stereocenters. The van der Waals surface area contributed by atoms with Crippen molar-refractivity contribution in [1.82, 2.24) is 5.32 Å². The van der Waals surface area contributed by atoms with Gasteiger partial charge in [-0.3, -0.25) is 19.8 Å². The highest BCUT2D eigenvalue weighted by Gasteiger charge is 2.36. The first kappa shape index (κ1) is 31.6. The number of non-ortho nitro benzene ring substituents is 1. The van der Waals surface area contributed by atoms with Crippen molar-refractivity contribution in [3.05, 3.63) is 70.3 Å². The fourth-order valence-corrected chi connectivity index (χ4v) is 6.15. The minimum absolute atomic E-state index is 0.00782. The number of anilines is 1. The number of rotatable bonds is 11. The number of fused-ring (bicyclic) bond motifs is 1. The Kier molecular flexibility index (Phi) is 12.2. The lowest BCUT2D eigenvalue weighted by Gasteiger charge is -2.25. The third-order valence-electron chi connectivity index (χ3n) is 6.69. The van der Waals surface area contributed by atoms with Gasteiger partial charge in [-0.2, -0.15) is 0 Å². The second-order valence-corrected chi connectivity index (χ2v) is 10.8. The zero-order valence-corrected chi connectivity index (χ0v) is 23.7. The largest absolute Gasteiger partial charge is 0.493 e. The van der Waals surface area contributed by atoms with Crippen LogP contribution in [0.15, 0.2) is 59.5 Å². The normalized spacial score (nSPS) is 16.5. The van der Waals surface area contributed by atoms with Crippen LogP contribution in [0, 0.1) is 16.0 Å². The molecule has 0 saturated heterocycles. The van der Waals surface area contributed by atoms with Gasteiger partial charge in [0.05, 0.1) is 17.2 Å². The number of hydrogen-bond donors (Lipinski definition) is 3. The number of nitro groups is 1. The van der Waals surface area contributed by atoms with E-state index in [0.29, 0.717) is 30.1 Å². The maximum Gasteiger partial charge on any atom is 0.328 e. The van der Waals surface area contributed by atoms with E-state index < -0.39 is 22.2 Å². The molecule has 0 aromatic heterocycles. The fraction of sp³-hybridized carbons (Fsp3) is 0.414. The summed E-state index contributed by atoms with van der Waals surface area (Å²) in [6.07, 6.45) is 8.67. The van der Waals surface area contributed by atoms with E-state index in [1.165, 1.54) is 62.9 Å². The Morgan fingerprint density at radius 2 is 1.78 bits per heavy atom. The number of aliphatic carboxylic acids is 2. The van der Waals surface area contributed by atoms with Crippen molar-refractivity contribution >= 4 is 41.0 Å². The quantitative estimate of drug-likeness (QED) is 0.135. The summed E-state index contributed by atoms with van der Waals surface area (Å²) in [7, 11) is 0. The SMILES string of the molecule is CC(=O)N1c2ccccc2SC1c1cc([N+](=O)[O-])ccc1OCCCNCC1CCCCC1.O=C(O)/C=C/C(=O)O. The molecule has 1 fully saturated rings. The zero-order valence-electron chi connectivity index (χ0n) is 22.9. The number of carbonyl (C=O) groups is 3. The molecule has 1 amide bonds. The number of carboxylic acids is 2. The Morgan fingerprint density at radius 3 is 2.41 bits per heavy atom. The van der Waals surface area contributed by atoms with Crippen LogP contribution in [0.5, 0.6) is 5.75 Å². The molecule has 2 aromatic carbocycles. The Morgan fingerprint density at radius 1 is 1.10 bits per heavy atom. The van der Waals surface area contributed by atoms with E-state index in [9.17, 15) is 24.5 Å². The van der Waals surface area contributed by atoms with Crippen LogP contribution >= 0.6 is 11.8 Å². The van der Waals surface area contributed by atoms with Crippen molar-refractivity contribution < 1.29 is 34.3 Å². The first-order chi connectivity index (χ1) is 19.7. The molecule has 2 aromatic rings. The number of para-hydroxylation sites is 1. The monoisotopic (exact) mass is 585 g/mol. The summed E-state index contributed by atoms with van der Waals surface area (Å²) in [6.45, 7) is 3.97. The van der Waals surface area contributed by atoms with Crippen molar-refractivity contribution in [3.8, 4) is 5.75 Å². The Labute approximate surface area is 242 Å². The zero-order chi connectivity index (χ0) is 29.8. The number of amides is 1. The van der Waals surface area contributed by atoms with Gasteiger partial charge in [0.25, 0.3) is 5.69 Å². The lowest BCUT2D eigenvalue weighted by molar-refractivity contribution is -0.384. The minimum atomic E-state index is -1.26. The molecule has 2 aliphatic rings. The smallest absolute Gasteiger partial charge is 0.328 e. The Balaban J connectivity index is 0.000000507. The van der Waals surface area contributed by atoms with Gasteiger partial charge in [0.15, 0.2) is 0 Å². The first-order valence-electron chi connectivity index (χ1n) is 13.5. The molecule has 11 nitrogen and oxygen atoms in total. The third kappa shape index (κ3) is 9.61. The van der Waals surface area contributed by atoms with Gasteiger partial charge in [0.2, 0.25) is 5.91 Å². The molecule has 4 rings (SSSR count). The summed E-state index contributed by atoms with van der Waals surface area (Å²) >= 11 is 1.51. The number of hydrogen-bond acceptors (Lipinski definition) is 8. The second-order valence-electron chi connectivity index (χ2n) is 9.73. The highest BCUT2D eigenvalue weighted by molar-refractivity contribution is 8.00. The molecule has 1 saturated carbocycles. The molecule has 1 aliphatic carbocycles. The van der Waals surface area contributed by atoms with Crippen molar-refractivity contribution in [2.24, 2.45) is 5.92 Å². The predicted octanol–water partition coefficient (Wildman–Crippen LogP) is 5.40. The molecule has 0 spiro atoms. The van der Waals surface area contributed by atoms with Crippen molar-refractivity contribution in [3.63, 3.8) is 0 Å². The maximum atomic E-state index is 12.5. The molecule has 1 atom stereocenters. The molecule has 0 radical (unpaired) electrons. The number of benzene rings is 2. The summed E-state index contributed by atoms with van der Waals surface area (Å²) in [5.41, 5.74) is 1.46. The van der Waals surface area contributed by atoms with Gasteiger partial charge in [-0.05, 0) is 56.5 Å². The van der Waals surface area contributed by atoms with E-state index in [0.717, 1.165) is 36.0 Å². The second kappa shape index (κ2) is 15.8. The fourth-order valence-electron chi connectivity index (χ4n) is 4.79. The van der Waals surface area contributed by atoms with Gasteiger partial charge in [-0.15, -0.1) is 0 Å².